The minimum Gasteiger partial charge on any atom is -0.383 e. The van der Waals surface area contributed by atoms with Crippen LogP contribution in [0.2, 0.25) is 0 Å². The lowest BCUT2D eigenvalue weighted by Gasteiger charge is -2.05. The van der Waals surface area contributed by atoms with Gasteiger partial charge in [0.05, 0.1) is 22.9 Å². The third-order valence-electron chi connectivity index (χ3n) is 4.33. The van der Waals surface area contributed by atoms with Crippen LogP contribution in [0.15, 0.2) is 42.4 Å². The number of carbonyl (C=O) groups excluding carboxylic acids is 2. The number of hydrogen-bond donors (Lipinski definition) is 2. The molecule has 2 aromatic heterocycles. The first kappa shape index (κ1) is 19.0. The number of nitrogens with zero attached hydrogens (tertiary/aromatic N) is 4. The summed E-state index contributed by atoms with van der Waals surface area (Å²) in [6, 6.07) is 5.71. The Morgan fingerprint density at radius 2 is 2.18 bits per heavy atom. The van der Waals surface area contributed by atoms with Crippen LogP contribution < -0.4 is 5.32 Å². The number of amides is 2. The number of carbonyl (C=O) groups is 2. The van der Waals surface area contributed by atoms with Crippen LogP contribution in [-0.2, 0) is 16.1 Å². The molecule has 0 aliphatic carbocycles. The molecule has 28 heavy (non-hydrogen) atoms. The summed E-state index contributed by atoms with van der Waals surface area (Å²) in [7, 11) is 3.61. The summed E-state index contributed by atoms with van der Waals surface area (Å²) < 4.78 is 1.88. The van der Waals surface area contributed by atoms with Crippen molar-refractivity contribution in [2.24, 2.45) is 0 Å². The van der Waals surface area contributed by atoms with Crippen LogP contribution in [0.3, 0.4) is 0 Å². The van der Waals surface area contributed by atoms with Gasteiger partial charge in [0.2, 0.25) is 0 Å². The number of rotatable bonds is 7. The van der Waals surface area contributed by atoms with Crippen molar-refractivity contribution < 1.29 is 9.59 Å². The molecule has 0 saturated heterocycles. The Kier molecular flexibility index (Phi) is 5.36. The van der Waals surface area contributed by atoms with Crippen LogP contribution in [0.25, 0.3) is 16.6 Å². The average molecular weight is 376 g/mol. The van der Waals surface area contributed by atoms with Crippen LogP contribution in [0.1, 0.15) is 18.4 Å². The third kappa shape index (κ3) is 3.55. The minimum absolute atomic E-state index is 0.0404. The van der Waals surface area contributed by atoms with Crippen molar-refractivity contribution in [1.29, 1.82) is 10.7 Å². The monoisotopic (exact) mass is 376 g/mol. The van der Waals surface area contributed by atoms with Gasteiger partial charge in [0.25, 0.3) is 11.8 Å². The number of aryl methyl sites for hydroxylation is 1. The Labute approximate surface area is 162 Å². The van der Waals surface area contributed by atoms with Gasteiger partial charge in [0.1, 0.15) is 5.65 Å². The quantitative estimate of drug-likeness (QED) is 0.435. The van der Waals surface area contributed by atoms with E-state index in [-0.39, 0.29) is 16.9 Å². The second-order valence-corrected chi connectivity index (χ2v) is 6.60. The third-order valence-corrected chi connectivity index (χ3v) is 4.33. The molecular weight excluding hydrogens is 356 g/mol. The molecule has 3 heterocycles. The van der Waals surface area contributed by atoms with E-state index in [0.29, 0.717) is 30.6 Å². The maximum atomic E-state index is 12.6. The van der Waals surface area contributed by atoms with Gasteiger partial charge in [-0.05, 0) is 24.6 Å². The van der Waals surface area contributed by atoms with E-state index in [1.807, 2.05) is 10.6 Å². The molecule has 8 nitrogen and oxygen atoms in total. The number of allylic oxidation sites excluding steroid dienone is 1. The molecule has 2 aromatic rings. The van der Waals surface area contributed by atoms with Crippen molar-refractivity contribution in [1.82, 2.24) is 19.8 Å². The Balaban J connectivity index is 2.15. The lowest BCUT2D eigenvalue weighted by molar-refractivity contribution is -0.123. The van der Waals surface area contributed by atoms with Crippen LogP contribution in [0.5, 0.6) is 0 Å². The standard InChI is InChI=1S/C20H20N6O2/c1-25(2)11-7-15(22)17-16(19(27)24-20(17)28)14-12-26(10-4-3-8-21)18-13(14)6-5-9-23-18/h5-7,9,11-12,22H,3-4,10H2,1-2H3,(H,24,27,28)/b11-7-,22-15?. The topological polar surface area (TPSA) is 115 Å². The Morgan fingerprint density at radius 1 is 1.39 bits per heavy atom. The summed E-state index contributed by atoms with van der Waals surface area (Å²) in [5, 5.41) is 20.1. The van der Waals surface area contributed by atoms with Gasteiger partial charge in [0, 0.05) is 56.6 Å². The molecular formula is C20H20N6O2. The first-order chi connectivity index (χ1) is 13.4. The molecule has 0 spiro atoms. The van der Waals surface area contributed by atoms with Crippen molar-refractivity contribution in [3.05, 3.63) is 47.9 Å². The van der Waals surface area contributed by atoms with Crippen molar-refractivity contribution in [2.75, 3.05) is 14.1 Å². The fourth-order valence-electron chi connectivity index (χ4n) is 3.10. The first-order valence-electron chi connectivity index (χ1n) is 8.78. The summed E-state index contributed by atoms with van der Waals surface area (Å²) in [6.45, 7) is 0.567. The zero-order chi connectivity index (χ0) is 20.3. The Bertz CT molecular complexity index is 1070. The molecule has 0 bridgehead atoms. The smallest absolute Gasteiger partial charge is 0.261 e. The molecule has 0 atom stereocenters. The molecule has 0 saturated carbocycles. The summed E-state index contributed by atoms with van der Waals surface area (Å²) in [5.74, 6) is -1.11. The molecule has 2 amide bonds. The van der Waals surface area contributed by atoms with E-state index in [4.69, 9.17) is 10.7 Å². The van der Waals surface area contributed by atoms with Gasteiger partial charge in [-0.1, -0.05) is 0 Å². The van der Waals surface area contributed by atoms with Crippen molar-refractivity contribution >= 4 is 34.1 Å². The largest absolute Gasteiger partial charge is 0.383 e. The van der Waals surface area contributed by atoms with E-state index >= 15 is 0 Å². The molecule has 0 radical (unpaired) electrons. The zero-order valence-corrected chi connectivity index (χ0v) is 15.7. The van der Waals surface area contributed by atoms with Gasteiger partial charge in [-0.15, -0.1) is 0 Å². The molecule has 0 unspecified atom stereocenters. The van der Waals surface area contributed by atoms with Gasteiger partial charge in [-0.2, -0.15) is 5.26 Å². The van der Waals surface area contributed by atoms with E-state index < -0.39 is 11.8 Å². The lowest BCUT2D eigenvalue weighted by atomic mass is 9.98. The number of hydrogen-bond acceptors (Lipinski definition) is 6. The van der Waals surface area contributed by atoms with Crippen LogP contribution in [0.4, 0.5) is 0 Å². The van der Waals surface area contributed by atoms with Crippen molar-refractivity contribution in [2.45, 2.75) is 19.4 Å². The summed E-state index contributed by atoms with van der Waals surface area (Å²) in [6.07, 6.45) is 7.62. The van der Waals surface area contributed by atoms with Gasteiger partial charge in [0.15, 0.2) is 0 Å². The molecule has 0 aromatic carbocycles. The minimum atomic E-state index is -0.581. The number of aromatic nitrogens is 2. The van der Waals surface area contributed by atoms with E-state index in [9.17, 15) is 9.59 Å². The van der Waals surface area contributed by atoms with E-state index in [2.05, 4.69) is 16.4 Å². The molecule has 1 aliphatic heterocycles. The molecule has 8 heteroatoms. The number of nitrogens with one attached hydrogen (secondary N) is 2. The van der Waals surface area contributed by atoms with Gasteiger partial charge in [-0.3, -0.25) is 20.3 Å². The molecule has 0 fully saturated rings. The first-order valence-corrected chi connectivity index (χ1v) is 8.78. The number of nitriles is 1. The van der Waals surface area contributed by atoms with Crippen molar-refractivity contribution in [3.8, 4) is 6.07 Å². The predicted molar refractivity (Wildman–Crippen MR) is 105 cm³/mol. The highest BCUT2D eigenvalue weighted by Gasteiger charge is 2.34. The maximum Gasteiger partial charge on any atom is 0.261 e. The molecule has 142 valence electrons. The van der Waals surface area contributed by atoms with E-state index in [1.54, 1.807) is 43.7 Å². The highest BCUT2D eigenvalue weighted by molar-refractivity contribution is 6.46. The number of unbranched alkanes of at least 4 members (excludes halogenated alkanes) is 1. The number of pyridine rings is 1. The molecule has 3 rings (SSSR count). The van der Waals surface area contributed by atoms with Crippen LogP contribution in [-0.4, -0.2) is 46.1 Å². The van der Waals surface area contributed by atoms with Crippen LogP contribution >= 0.6 is 0 Å². The second-order valence-electron chi connectivity index (χ2n) is 6.60. The normalized spacial score (nSPS) is 14.0. The zero-order valence-electron chi connectivity index (χ0n) is 15.7. The summed E-state index contributed by atoms with van der Waals surface area (Å²) in [5.41, 5.74) is 1.41. The lowest BCUT2D eigenvalue weighted by Crippen LogP contribution is -2.24. The highest BCUT2D eigenvalue weighted by Crippen LogP contribution is 2.32. The molecule has 1 aliphatic rings. The van der Waals surface area contributed by atoms with E-state index in [0.717, 1.165) is 5.39 Å². The van der Waals surface area contributed by atoms with E-state index in [1.165, 1.54) is 6.08 Å². The fraction of sp³-hybridized carbons (Fsp3) is 0.250. The average Bonchev–Trinajstić information content (AvgIpc) is 3.16. The number of fused-ring (bicyclic) bond motifs is 1. The predicted octanol–water partition coefficient (Wildman–Crippen LogP) is 1.85. The summed E-state index contributed by atoms with van der Waals surface area (Å²) >= 11 is 0. The molecule has 2 N–H and O–H groups in total. The Morgan fingerprint density at radius 3 is 2.89 bits per heavy atom. The summed E-state index contributed by atoms with van der Waals surface area (Å²) in [4.78, 5) is 31.1. The van der Waals surface area contributed by atoms with Crippen LogP contribution in [0, 0.1) is 16.7 Å². The number of imide groups is 1. The maximum absolute atomic E-state index is 12.6. The second kappa shape index (κ2) is 7.88. The van der Waals surface area contributed by atoms with Gasteiger partial charge in [-0.25, -0.2) is 4.98 Å². The SMILES string of the molecule is CN(C)/C=C\C(=N)C1=C(c2cn(CCCC#N)c3ncccc23)C(=O)NC1=O. The van der Waals surface area contributed by atoms with Gasteiger partial charge >= 0.3 is 0 Å². The Hall–Kier alpha value is -3.73. The van der Waals surface area contributed by atoms with Crippen molar-refractivity contribution in [3.63, 3.8) is 0 Å². The highest BCUT2D eigenvalue weighted by atomic mass is 16.2. The van der Waals surface area contributed by atoms with Gasteiger partial charge < -0.3 is 9.47 Å². The fourth-order valence-corrected chi connectivity index (χ4v) is 3.10.